The predicted octanol–water partition coefficient (Wildman–Crippen LogP) is 5.18. The summed E-state index contributed by atoms with van der Waals surface area (Å²) in [6.07, 6.45) is -0.868. The summed E-state index contributed by atoms with van der Waals surface area (Å²) < 4.78 is 17.1. The van der Waals surface area contributed by atoms with Crippen LogP contribution in [0.3, 0.4) is 0 Å². The van der Waals surface area contributed by atoms with E-state index in [1.807, 2.05) is 0 Å². The lowest BCUT2D eigenvalue weighted by Crippen LogP contribution is -2.32. The number of carbonyl (C=O) groups excluding carboxylic acids is 2. The van der Waals surface area contributed by atoms with Gasteiger partial charge in [0.05, 0.1) is 10.5 Å². The number of phenols is 2. The molecule has 3 N–H and O–H groups in total. The van der Waals surface area contributed by atoms with Crippen molar-refractivity contribution in [3.8, 4) is 28.7 Å². The van der Waals surface area contributed by atoms with Gasteiger partial charge in [0.1, 0.15) is 28.7 Å². The van der Waals surface area contributed by atoms with Crippen molar-refractivity contribution >= 4 is 23.4 Å². The second kappa shape index (κ2) is 8.23. The molecule has 6 rings (SSSR count). The lowest BCUT2D eigenvalue weighted by Gasteiger charge is -2.36. The molecule has 4 aromatic carbocycles. The Labute approximate surface area is 213 Å². The van der Waals surface area contributed by atoms with Crippen molar-refractivity contribution < 1.29 is 38.9 Å². The summed E-state index contributed by atoms with van der Waals surface area (Å²) in [6.45, 7) is 0. The zero-order valence-corrected chi connectivity index (χ0v) is 19.2. The van der Waals surface area contributed by atoms with E-state index in [1.54, 1.807) is 24.3 Å². The number of nitrogens with zero attached hydrogens (tertiary/aromatic N) is 1. The number of nitrogens with one attached hydrogen (secondary N) is 1. The van der Waals surface area contributed by atoms with Crippen molar-refractivity contribution in [1.82, 2.24) is 0 Å². The van der Waals surface area contributed by atoms with Crippen LogP contribution in [0.15, 0.2) is 78.9 Å². The third-order valence-corrected chi connectivity index (χ3v) is 6.28. The molecular weight excluding hydrogens is 496 g/mol. The van der Waals surface area contributed by atoms with Crippen LogP contribution in [0.2, 0.25) is 0 Å². The second-order valence-corrected chi connectivity index (χ2v) is 8.56. The number of hydrogen-bond donors (Lipinski definition) is 3. The van der Waals surface area contributed by atoms with E-state index in [0.717, 1.165) is 0 Å². The summed E-state index contributed by atoms with van der Waals surface area (Å²) in [6, 6.07) is 18.5. The Hall–Kier alpha value is -5.58. The van der Waals surface area contributed by atoms with Crippen LogP contribution >= 0.6 is 0 Å². The number of aromatic hydroxyl groups is 2. The third kappa shape index (κ3) is 3.53. The first-order chi connectivity index (χ1) is 18.2. The van der Waals surface area contributed by atoms with Gasteiger partial charge in [-0.05, 0) is 48.5 Å². The number of ether oxygens (including phenoxy) is 3. The molecule has 0 unspecified atom stereocenters. The number of carbonyl (C=O) groups is 2. The number of hydrogen-bond acceptors (Lipinski definition) is 9. The summed E-state index contributed by atoms with van der Waals surface area (Å²) >= 11 is 0. The summed E-state index contributed by atoms with van der Waals surface area (Å²) in [5.74, 6) is -0.187. The van der Waals surface area contributed by atoms with Gasteiger partial charge in [-0.15, -0.1) is 0 Å². The molecule has 38 heavy (non-hydrogen) atoms. The fourth-order valence-corrected chi connectivity index (χ4v) is 4.67. The number of fused-ring (bicyclic) bond motifs is 6. The van der Waals surface area contributed by atoms with Gasteiger partial charge >= 0.3 is 12.1 Å². The first-order valence-electron chi connectivity index (χ1n) is 11.2. The number of esters is 1. The molecule has 11 nitrogen and oxygen atoms in total. The SMILES string of the molecule is O=C(Nc1ccc2c(c1)C(=O)OC21c2ccc(O)cc2Oc2cc(O)ccc21)Oc1ccc([N+](=O)[O-])cc1. The van der Waals surface area contributed by atoms with Crippen molar-refractivity contribution in [3.05, 3.63) is 111 Å². The molecule has 0 aromatic heterocycles. The highest BCUT2D eigenvalue weighted by atomic mass is 16.6. The summed E-state index contributed by atoms with van der Waals surface area (Å²) in [5, 5.41) is 33.3. The number of phenolic OH excluding ortho intramolecular Hbond substituents is 2. The van der Waals surface area contributed by atoms with Crippen LogP contribution < -0.4 is 14.8 Å². The average Bonchev–Trinajstić information content (AvgIpc) is 3.16. The minimum atomic E-state index is -1.42. The van der Waals surface area contributed by atoms with E-state index in [9.17, 15) is 29.9 Å². The Morgan fingerprint density at radius 1 is 0.868 bits per heavy atom. The van der Waals surface area contributed by atoms with E-state index in [-0.39, 0.29) is 45.7 Å². The van der Waals surface area contributed by atoms with Gasteiger partial charge < -0.3 is 24.4 Å². The molecule has 11 heteroatoms. The number of rotatable bonds is 3. The monoisotopic (exact) mass is 512 g/mol. The molecule has 0 saturated carbocycles. The highest BCUT2D eigenvalue weighted by Gasteiger charge is 2.53. The fraction of sp³-hybridized carbons (Fsp3) is 0.0370. The van der Waals surface area contributed by atoms with Crippen molar-refractivity contribution in [3.63, 3.8) is 0 Å². The molecule has 2 aliphatic rings. The van der Waals surface area contributed by atoms with Gasteiger partial charge in [-0.2, -0.15) is 0 Å². The van der Waals surface area contributed by atoms with Crippen molar-refractivity contribution in [1.29, 1.82) is 0 Å². The molecule has 0 fully saturated rings. The minimum Gasteiger partial charge on any atom is -0.508 e. The molecule has 0 saturated heterocycles. The Balaban J connectivity index is 1.36. The highest BCUT2D eigenvalue weighted by Crippen LogP contribution is 2.57. The maximum atomic E-state index is 13.1. The first-order valence-corrected chi connectivity index (χ1v) is 11.2. The zero-order valence-electron chi connectivity index (χ0n) is 19.2. The van der Waals surface area contributed by atoms with E-state index in [0.29, 0.717) is 16.7 Å². The Kier molecular flexibility index (Phi) is 4.95. The normalized spacial score (nSPS) is 13.9. The van der Waals surface area contributed by atoms with Crippen LogP contribution in [-0.2, 0) is 10.3 Å². The number of non-ortho nitro benzene ring substituents is 1. The largest absolute Gasteiger partial charge is 0.508 e. The van der Waals surface area contributed by atoms with Crippen molar-refractivity contribution in [2.45, 2.75) is 5.60 Å². The molecule has 2 aliphatic heterocycles. The molecule has 0 atom stereocenters. The summed E-state index contributed by atoms with van der Waals surface area (Å²) in [5.41, 5.74) is 0.267. The molecule has 4 aromatic rings. The molecule has 188 valence electrons. The standard InChI is InChI=1S/C27H16N2O9/c30-16-4-9-21-23(12-16)37-24-13-17(31)5-10-22(24)27(21)20-8-1-14(11-19(20)25(32)38-27)28-26(33)36-18-6-2-15(3-7-18)29(34)35/h1-13,30-31H,(H,28,33). The van der Waals surface area contributed by atoms with Crippen LogP contribution in [0.1, 0.15) is 27.0 Å². The van der Waals surface area contributed by atoms with Crippen LogP contribution in [0, 0.1) is 10.1 Å². The molecular formula is C27H16N2O9. The fourth-order valence-electron chi connectivity index (χ4n) is 4.67. The maximum Gasteiger partial charge on any atom is 0.417 e. The lowest BCUT2D eigenvalue weighted by molar-refractivity contribution is -0.384. The molecule has 1 amide bonds. The second-order valence-electron chi connectivity index (χ2n) is 8.56. The van der Waals surface area contributed by atoms with Crippen LogP contribution in [0.4, 0.5) is 16.2 Å². The highest BCUT2D eigenvalue weighted by molar-refractivity contribution is 5.99. The molecule has 0 radical (unpaired) electrons. The topological polar surface area (TPSA) is 157 Å². The summed E-state index contributed by atoms with van der Waals surface area (Å²) in [4.78, 5) is 35.8. The Morgan fingerprint density at radius 2 is 1.47 bits per heavy atom. The first kappa shape index (κ1) is 22.9. The Morgan fingerprint density at radius 3 is 2.08 bits per heavy atom. The molecule has 0 aliphatic carbocycles. The van der Waals surface area contributed by atoms with Gasteiger partial charge in [0.25, 0.3) is 5.69 Å². The minimum absolute atomic E-state index is 0.0573. The predicted molar refractivity (Wildman–Crippen MR) is 131 cm³/mol. The van der Waals surface area contributed by atoms with Gasteiger partial charge in [-0.1, -0.05) is 6.07 Å². The quantitative estimate of drug-likeness (QED) is 0.191. The number of nitro benzene ring substituents is 1. The number of amides is 1. The number of anilines is 1. The van der Waals surface area contributed by atoms with Gasteiger partial charge in [0.15, 0.2) is 5.60 Å². The lowest BCUT2D eigenvalue weighted by atomic mass is 9.77. The van der Waals surface area contributed by atoms with Gasteiger partial charge in [-0.3, -0.25) is 15.4 Å². The molecule has 0 bridgehead atoms. The van der Waals surface area contributed by atoms with Crippen LogP contribution in [-0.4, -0.2) is 27.2 Å². The van der Waals surface area contributed by atoms with E-state index < -0.39 is 22.6 Å². The molecule has 1 spiro atoms. The third-order valence-electron chi connectivity index (χ3n) is 6.28. The zero-order chi connectivity index (χ0) is 26.6. The number of nitro groups is 1. The van der Waals surface area contributed by atoms with Crippen LogP contribution in [0.25, 0.3) is 0 Å². The van der Waals surface area contributed by atoms with E-state index in [1.165, 1.54) is 54.6 Å². The Bertz CT molecular complexity index is 1610. The van der Waals surface area contributed by atoms with E-state index >= 15 is 0 Å². The van der Waals surface area contributed by atoms with E-state index in [2.05, 4.69) is 5.32 Å². The molecule has 2 heterocycles. The van der Waals surface area contributed by atoms with Gasteiger partial charge in [0, 0.05) is 46.6 Å². The maximum absolute atomic E-state index is 13.1. The summed E-state index contributed by atoms with van der Waals surface area (Å²) in [7, 11) is 0. The smallest absolute Gasteiger partial charge is 0.417 e. The average molecular weight is 512 g/mol. The van der Waals surface area contributed by atoms with Crippen molar-refractivity contribution in [2.24, 2.45) is 0 Å². The van der Waals surface area contributed by atoms with Crippen molar-refractivity contribution in [2.75, 3.05) is 5.32 Å². The van der Waals surface area contributed by atoms with E-state index in [4.69, 9.17) is 14.2 Å². The van der Waals surface area contributed by atoms with Gasteiger partial charge in [0.2, 0.25) is 0 Å². The van der Waals surface area contributed by atoms with Crippen LogP contribution in [0.5, 0.6) is 28.7 Å². The van der Waals surface area contributed by atoms with Gasteiger partial charge in [-0.25, -0.2) is 9.59 Å². The number of benzene rings is 4.